The van der Waals surface area contributed by atoms with Gasteiger partial charge in [-0.15, -0.1) is 0 Å². The minimum Gasteiger partial charge on any atom is -0.463 e. The second kappa shape index (κ2) is 8.96. The van der Waals surface area contributed by atoms with Crippen molar-refractivity contribution in [3.63, 3.8) is 0 Å². The number of esters is 3. The molecule has 0 amide bonds. The molecule has 2 rings (SSSR count). The molecule has 5 atom stereocenters. The topological polar surface area (TPSA) is 169 Å². The second-order valence-electron chi connectivity index (χ2n) is 6.24. The van der Waals surface area contributed by atoms with Crippen LogP contribution in [0.2, 0.25) is 0 Å². The van der Waals surface area contributed by atoms with E-state index < -0.39 is 72.2 Å². The van der Waals surface area contributed by atoms with Crippen LogP contribution in [0.15, 0.2) is 15.8 Å². The zero-order valence-corrected chi connectivity index (χ0v) is 15.7. The summed E-state index contributed by atoms with van der Waals surface area (Å²) < 4.78 is 35.2. The molecule has 12 nitrogen and oxygen atoms in total. The molecule has 0 aliphatic carbocycles. The molecule has 0 aromatic carbocycles. The number of nitrogens with zero attached hydrogens (tertiary/aromatic N) is 1. The Hall–Kier alpha value is -3.06. The van der Waals surface area contributed by atoms with Gasteiger partial charge in [-0.05, 0) is 0 Å². The highest BCUT2D eigenvalue weighted by Crippen LogP contribution is 2.30. The summed E-state index contributed by atoms with van der Waals surface area (Å²) in [6.45, 7) is 2.84. The van der Waals surface area contributed by atoms with Gasteiger partial charge < -0.3 is 24.7 Å². The number of ether oxygens (including phenoxy) is 4. The first-order chi connectivity index (χ1) is 13.5. The summed E-state index contributed by atoms with van der Waals surface area (Å²) in [5.41, 5.74) is 3.77. The highest BCUT2D eigenvalue weighted by atomic mass is 19.1. The van der Waals surface area contributed by atoms with Gasteiger partial charge >= 0.3 is 23.6 Å². The van der Waals surface area contributed by atoms with E-state index in [1.165, 1.54) is 0 Å². The van der Waals surface area contributed by atoms with Crippen LogP contribution in [0, 0.1) is 5.82 Å². The van der Waals surface area contributed by atoms with Gasteiger partial charge in [0.05, 0.1) is 12.2 Å². The largest absolute Gasteiger partial charge is 0.463 e. The van der Waals surface area contributed by atoms with Gasteiger partial charge in [-0.2, -0.15) is 4.39 Å². The highest BCUT2D eigenvalue weighted by Gasteiger charge is 2.49. The van der Waals surface area contributed by atoms with Crippen molar-refractivity contribution in [1.82, 2.24) is 9.55 Å². The van der Waals surface area contributed by atoms with E-state index in [4.69, 9.17) is 24.7 Å². The maximum absolute atomic E-state index is 13.7. The molecule has 0 saturated carbocycles. The van der Waals surface area contributed by atoms with Crippen molar-refractivity contribution in [3.8, 4) is 0 Å². The van der Waals surface area contributed by atoms with Crippen LogP contribution in [-0.2, 0) is 33.3 Å². The molecule has 2 heterocycles. The molecule has 1 aliphatic heterocycles. The van der Waals surface area contributed by atoms with E-state index in [0.29, 0.717) is 10.8 Å². The average molecular weight is 417 g/mol. The maximum Gasteiger partial charge on any atom is 0.330 e. The van der Waals surface area contributed by atoms with Crippen molar-refractivity contribution in [2.45, 2.75) is 51.4 Å². The van der Waals surface area contributed by atoms with E-state index >= 15 is 0 Å². The fraction of sp³-hybridized carbons (Fsp3) is 0.562. The molecule has 13 heteroatoms. The molecule has 1 aliphatic rings. The Morgan fingerprint density at radius 3 is 2.28 bits per heavy atom. The lowest BCUT2D eigenvalue weighted by atomic mass is 9.96. The number of carbonyl (C=O) groups is 3. The molecule has 1 fully saturated rings. The fourth-order valence-electron chi connectivity index (χ4n) is 2.85. The zero-order chi connectivity index (χ0) is 21.9. The third-order valence-electron chi connectivity index (χ3n) is 3.97. The number of nitrogens with one attached hydrogen (secondary N) is 1. The smallest absolute Gasteiger partial charge is 0.330 e. The number of aromatic amines is 1. The van der Waals surface area contributed by atoms with Crippen molar-refractivity contribution in [2.75, 3.05) is 6.61 Å². The summed E-state index contributed by atoms with van der Waals surface area (Å²) in [7, 11) is 0. The van der Waals surface area contributed by atoms with E-state index in [1.807, 2.05) is 0 Å². The van der Waals surface area contributed by atoms with E-state index in [0.717, 1.165) is 20.8 Å². The van der Waals surface area contributed by atoms with Gasteiger partial charge in [-0.3, -0.25) is 28.7 Å². The third kappa shape index (κ3) is 5.26. The number of hydrogen-bond acceptors (Lipinski definition) is 10. The lowest BCUT2D eigenvalue weighted by molar-refractivity contribution is -0.234. The number of rotatable bonds is 5. The Morgan fingerprint density at radius 2 is 1.72 bits per heavy atom. The highest BCUT2D eigenvalue weighted by molar-refractivity contribution is 5.67. The van der Waals surface area contributed by atoms with Crippen LogP contribution in [-0.4, -0.2) is 58.4 Å². The van der Waals surface area contributed by atoms with Crippen LogP contribution in [0.1, 0.15) is 27.0 Å². The van der Waals surface area contributed by atoms with E-state index in [9.17, 15) is 28.4 Å². The predicted molar refractivity (Wildman–Crippen MR) is 90.9 cm³/mol. The van der Waals surface area contributed by atoms with E-state index in [2.05, 4.69) is 0 Å². The molecule has 0 unspecified atom stereocenters. The lowest BCUT2D eigenvalue weighted by Crippen LogP contribution is -2.63. The van der Waals surface area contributed by atoms with E-state index in [-0.39, 0.29) is 0 Å². The normalized spacial score (nSPS) is 26.4. The molecule has 1 aromatic rings. The summed E-state index contributed by atoms with van der Waals surface area (Å²) in [5.74, 6) is -3.52. The molecule has 0 bridgehead atoms. The van der Waals surface area contributed by atoms with Crippen LogP contribution >= 0.6 is 0 Å². The van der Waals surface area contributed by atoms with Crippen molar-refractivity contribution in [3.05, 3.63) is 32.9 Å². The number of nitrogens with two attached hydrogens (primary N) is 1. The van der Waals surface area contributed by atoms with Crippen molar-refractivity contribution in [2.24, 2.45) is 5.73 Å². The second-order valence-corrected chi connectivity index (χ2v) is 6.24. The molecule has 1 aromatic heterocycles. The first kappa shape index (κ1) is 22.2. The van der Waals surface area contributed by atoms with Gasteiger partial charge in [0.25, 0.3) is 5.56 Å². The third-order valence-corrected chi connectivity index (χ3v) is 3.97. The van der Waals surface area contributed by atoms with E-state index in [1.54, 1.807) is 4.98 Å². The first-order valence-corrected chi connectivity index (χ1v) is 8.41. The summed E-state index contributed by atoms with van der Waals surface area (Å²) in [5, 5.41) is 0. The van der Waals surface area contributed by atoms with Gasteiger partial charge in [0.15, 0.2) is 18.4 Å². The van der Waals surface area contributed by atoms with Crippen LogP contribution in [0.4, 0.5) is 4.39 Å². The predicted octanol–water partition coefficient (Wildman–Crippen LogP) is -1.67. The van der Waals surface area contributed by atoms with Gasteiger partial charge in [0, 0.05) is 20.8 Å². The molecule has 1 saturated heterocycles. The first-order valence-electron chi connectivity index (χ1n) is 8.41. The van der Waals surface area contributed by atoms with Crippen LogP contribution in [0.5, 0.6) is 0 Å². The molecule has 0 radical (unpaired) electrons. The summed E-state index contributed by atoms with van der Waals surface area (Å²) >= 11 is 0. The minimum absolute atomic E-state index is 0.450. The van der Waals surface area contributed by atoms with Gasteiger partial charge in [0.2, 0.25) is 5.82 Å². The number of hydrogen-bond donors (Lipinski definition) is 2. The van der Waals surface area contributed by atoms with Crippen molar-refractivity contribution >= 4 is 17.9 Å². The lowest BCUT2D eigenvalue weighted by Gasteiger charge is -2.44. The number of H-pyrrole nitrogens is 1. The minimum atomic E-state index is -1.45. The Kier molecular flexibility index (Phi) is 6.87. The summed E-state index contributed by atoms with van der Waals surface area (Å²) in [6.07, 6.45) is -4.72. The molecule has 29 heavy (non-hydrogen) atoms. The number of carbonyl (C=O) groups excluding carboxylic acids is 3. The van der Waals surface area contributed by atoms with Crippen LogP contribution < -0.4 is 17.0 Å². The number of aromatic nitrogens is 2. The van der Waals surface area contributed by atoms with Crippen LogP contribution in [0.3, 0.4) is 0 Å². The van der Waals surface area contributed by atoms with Gasteiger partial charge in [-0.1, -0.05) is 0 Å². The zero-order valence-electron chi connectivity index (χ0n) is 15.7. The van der Waals surface area contributed by atoms with Gasteiger partial charge in [0.1, 0.15) is 12.7 Å². The monoisotopic (exact) mass is 417 g/mol. The molecular formula is C16H20FN3O9. The molecule has 160 valence electrons. The molecule has 0 spiro atoms. The summed E-state index contributed by atoms with van der Waals surface area (Å²) in [6, 6.07) is -1.32. The Morgan fingerprint density at radius 1 is 1.14 bits per heavy atom. The quantitative estimate of drug-likeness (QED) is 0.417. The Bertz CT molecular complexity index is 912. The number of halogens is 1. The van der Waals surface area contributed by atoms with Crippen LogP contribution in [0.25, 0.3) is 0 Å². The SMILES string of the molecule is CC(=O)OC[C@H]1O[C@@H](n2cc(F)c(=O)[nH]c2=O)[C@@H](N)[C@@H](OC(C)=O)[C@H]1OC(C)=O. The summed E-state index contributed by atoms with van der Waals surface area (Å²) in [4.78, 5) is 59.4. The van der Waals surface area contributed by atoms with Crippen molar-refractivity contribution < 1.29 is 37.7 Å². The Labute approximate surface area is 162 Å². The molecular weight excluding hydrogens is 397 g/mol. The fourth-order valence-corrected chi connectivity index (χ4v) is 2.85. The standard InChI is InChI=1S/C16H20FN3O9/c1-6(21)26-5-10-12(27-7(2)22)13(28-8(3)23)11(18)15(29-10)20-4-9(17)14(24)19-16(20)25/h4,10-13,15H,5,18H2,1-3H3,(H,19,24,25)/t10-,11+,12+,13-,15-/m1/s1. The average Bonchev–Trinajstić information content (AvgIpc) is 2.60. The Balaban J connectivity index is 2.51. The molecule has 3 N–H and O–H groups in total. The van der Waals surface area contributed by atoms with Crippen molar-refractivity contribution in [1.29, 1.82) is 0 Å². The van der Waals surface area contributed by atoms with Gasteiger partial charge in [-0.25, -0.2) is 4.79 Å². The maximum atomic E-state index is 13.7.